The van der Waals surface area contributed by atoms with E-state index in [9.17, 15) is 0 Å². The smallest absolute Gasteiger partial charge is 0.207 e. The number of nitrogens with zero attached hydrogens (tertiary/aromatic N) is 3. The summed E-state index contributed by atoms with van der Waals surface area (Å²) in [6, 6.07) is 9.91. The van der Waals surface area contributed by atoms with E-state index in [4.69, 9.17) is 0 Å². The van der Waals surface area contributed by atoms with Crippen LogP contribution in [0.4, 0.5) is 10.8 Å². The van der Waals surface area contributed by atoms with Gasteiger partial charge in [0.2, 0.25) is 5.13 Å². The summed E-state index contributed by atoms with van der Waals surface area (Å²) < 4.78 is 4.32. The van der Waals surface area contributed by atoms with Gasteiger partial charge in [0.25, 0.3) is 0 Å². The SMILES string of the molecule is Cc1n[nH]cc1-c1nsc(Nc2ccccc2)n1. The van der Waals surface area contributed by atoms with Crippen molar-refractivity contribution in [2.24, 2.45) is 0 Å². The number of H-pyrrole nitrogens is 1. The van der Waals surface area contributed by atoms with Crippen molar-refractivity contribution in [2.75, 3.05) is 5.32 Å². The van der Waals surface area contributed by atoms with E-state index in [1.807, 2.05) is 43.5 Å². The second-order valence-electron chi connectivity index (χ2n) is 3.80. The van der Waals surface area contributed by atoms with Gasteiger partial charge in [-0.05, 0) is 19.1 Å². The maximum Gasteiger partial charge on any atom is 0.207 e. The first-order chi connectivity index (χ1) is 8.83. The molecule has 0 saturated heterocycles. The van der Waals surface area contributed by atoms with Crippen molar-refractivity contribution < 1.29 is 0 Å². The number of aromatic nitrogens is 4. The maximum absolute atomic E-state index is 4.45. The molecule has 0 aliphatic heterocycles. The zero-order chi connectivity index (χ0) is 12.4. The molecule has 0 atom stereocenters. The maximum atomic E-state index is 4.45. The van der Waals surface area contributed by atoms with Crippen LogP contribution in [0.15, 0.2) is 36.5 Å². The molecule has 0 spiro atoms. The van der Waals surface area contributed by atoms with Crippen molar-refractivity contribution >= 4 is 22.4 Å². The Bertz CT molecular complexity index is 643. The number of para-hydroxylation sites is 1. The molecule has 2 N–H and O–H groups in total. The summed E-state index contributed by atoms with van der Waals surface area (Å²) in [5.41, 5.74) is 2.84. The Kier molecular flexibility index (Phi) is 2.77. The lowest BCUT2D eigenvalue weighted by Crippen LogP contribution is -1.88. The summed E-state index contributed by atoms with van der Waals surface area (Å²) >= 11 is 1.34. The molecule has 0 aliphatic rings. The fourth-order valence-corrected chi connectivity index (χ4v) is 2.22. The Labute approximate surface area is 108 Å². The molecular formula is C12H11N5S. The van der Waals surface area contributed by atoms with Crippen LogP contribution in [-0.4, -0.2) is 19.6 Å². The van der Waals surface area contributed by atoms with Crippen LogP contribution >= 0.6 is 11.5 Å². The number of hydrogen-bond acceptors (Lipinski definition) is 5. The van der Waals surface area contributed by atoms with E-state index >= 15 is 0 Å². The van der Waals surface area contributed by atoms with E-state index in [1.165, 1.54) is 11.5 Å². The Balaban J connectivity index is 1.84. The highest BCUT2D eigenvalue weighted by molar-refractivity contribution is 7.09. The minimum Gasteiger partial charge on any atom is -0.330 e. The summed E-state index contributed by atoms with van der Waals surface area (Å²) in [4.78, 5) is 4.45. The first-order valence-electron chi connectivity index (χ1n) is 5.49. The summed E-state index contributed by atoms with van der Waals surface area (Å²) in [7, 11) is 0. The zero-order valence-electron chi connectivity index (χ0n) is 9.71. The third kappa shape index (κ3) is 2.10. The Hall–Kier alpha value is -2.21. The van der Waals surface area contributed by atoms with Gasteiger partial charge in [-0.1, -0.05) is 18.2 Å². The number of aryl methyl sites for hydroxylation is 1. The van der Waals surface area contributed by atoms with Gasteiger partial charge in [-0.2, -0.15) is 14.5 Å². The van der Waals surface area contributed by atoms with Gasteiger partial charge >= 0.3 is 0 Å². The van der Waals surface area contributed by atoms with Crippen molar-refractivity contribution in [3.05, 3.63) is 42.2 Å². The third-order valence-corrected chi connectivity index (χ3v) is 3.15. The van der Waals surface area contributed by atoms with Crippen LogP contribution in [0.2, 0.25) is 0 Å². The highest BCUT2D eigenvalue weighted by atomic mass is 32.1. The minimum absolute atomic E-state index is 0.699. The van der Waals surface area contributed by atoms with Crippen molar-refractivity contribution in [3.8, 4) is 11.4 Å². The number of rotatable bonds is 3. The molecule has 2 heterocycles. The first kappa shape index (κ1) is 10.9. The second-order valence-corrected chi connectivity index (χ2v) is 4.55. The van der Waals surface area contributed by atoms with Crippen molar-refractivity contribution in [1.29, 1.82) is 0 Å². The summed E-state index contributed by atoms with van der Waals surface area (Å²) in [6.45, 7) is 1.93. The number of nitrogens with one attached hydrogen (secondary N) is 2. The molecule has 0 bridgehead atoms. The predicted octanol–water partition coefficient (Wildman–Crippen LogP) is 2.98. The van der Waals surface area contributed by atoms with Crippen molar-refractivity contribution in [3.63, 3.8) is 0 Å². The van der Waals surface area contributed by atoms with Gasteiger partial charge in [0.05, 0.1) is 11.3 Å². The van der Waals surface area contributed by atoms with Crippen LogP contribution < -0.4 is 5.32 Å². The zero-order valence-corrected chi connectivity index (χ0v) is 10.5. The predicted molar refractivity (Wildman–Crippen MR) is 72.0 cm³/mol. The van der Waals surface area contributed by atoms with Gasteiger partial charge in [0.15, 0.2) is 5.82 Å². The number of benzene rings is 1. The highest BCUT2D eigenvalue weighted by Crippen LogP contribution is 2.24. The van der Waals surface area contributed by atoms with Crippen LogP contribution in [0.3, 0.4) is 0 Å². The fourth-order valence-electron chi connectivity index (χ4n) is 1.61. The average Bonchev–Trinajstić information content (AvgIpc) is 2.99. The lowest BCUT2D eigenvalue weighted by Gasteiger charge is -1.99. The lowest BCUT2D eigenvalue weighted by molar-refractivity contribution is 1.05. The molecule has 0 amide bonds. The van der Waals surface area contributed by atoms with Gasteiger partial charge in [-0.3, -0.25) is 5.10 Å². The molecule has 3 aromatic rings. The Morgan fingerprint density at radius 1 is 1.22 bits per heavy atom. The number of hydrogen-bond donors (Lipinski definition) is 2. The highest BCUT2D eigenvalue weighted by Gasteiger charge is 2.10. The van der Waals surface area contributed by atoms with Crippen molar-refractivity contribution in [2.45, 2.75) is 6.92 Å². The fraction of sp³-hybridized carbons (Fsp3) is 0.0833. The Morgan fingerprint density at radius 2 is 2.06 bits per heavy atom. The topological polar surface area (TPSA) is 66.5 Å². The minimum atomic E-state index is 0.699. The van der Waals surface area contributed by atoms with Crippen LogP contribution in [0, 0.1) is 6.92 Å². The molecule has 18 heavy (non-hydrogen) atoms. The van der Waals surface area contributed by atoms with Crippen LogP contribution in [0.5, 0.6) is 0 Å². The summed E-state index contributed by atoms with van der Waals surface area (Å²) in [5.74, 6) is 0.699. The quantitative estimate of drug-likeness (QED) is 0.757. The molecule has 1 aromatic carbocycles. The molecule has 6 heteroatoms. The van der Waals surface area contributed by atoms with E-state index in [-0.39, 0.29) is 0 Å². The summed E-state index contributed by atoms with van der Waals surface area (Å²) in [5, 5.41) is 10.9. The largest absolute Gasteiger partial charge is 0.330 e. The van der Waals surface area contributed by atoms with E-state index in [2.05, 4.69) is 24.9 Å². The van der Waals surface area contributed by atoms with Crippen LogP contribution in [0.1, 0.15) is 5.69 Å². The molecule has 0 aliphatic carbocycles. The van der Waals surface area contributed by atoms with E-state index in [1.54, 1.807) is 0 Å². The molecule has 0 fully saturated rings. The molecule has 2 aromatic heterocycles. The van der Waals surface area contributed by atoms with Crippen LogP contribution in [0.25, 0.3) is 11.4 Å². The number of anilines is 2. The van der Waals surface area contributed by atoms with E-state index < -0.39 is 0 Å². The molecular weight excluding hydrogens is 246 g/mol. The van der Waals surface area contributed by atoms with Gasteiger partial charge in [0.1, 0.15) is 0 Å². The van der Waals surface area contributed by atoms with E-state index in [0.717, 1.165) is 22.1 Å². The monoisotopic (exact) mass is 257 g/mol. The molecule has 3 rings (SSSR count). The molecule has 0 saturated carbocycles. The van der Waals surface area contributed by atoms with Crippen molar-refractivity contribution in [1.82, 2.24) is 19.6 Å². The Morgan fingerprint density at radius 3 is 2.78 bits per heavy atom. The molecule has 0 unspecified atom stereocenters. The van der Waals surface area contributed by atoms with E-state index in [0.29, 0.717) is 5.82 Å². The van der Waals surface area contributed by atoms with Crippen LogP contribution in [-0.2, 0) is 0 Å². The molecule has 5 nitrogen and oxygen atoms in total. The third-order valence-electron chi connectivity index (χ3n) is 2.52. The van der Waals surface area contributed by atoms with Gasteiger partial charge < -0.3 is 5.32 Å². The molecule has 0 radical (unpaired) electrons. The normalized spacial score (nSPS) is 10.5. The lowest BCUT2D eigenvalue weighted by atomic mass is 10.2. The second kappa shape index (κ2) is 4.58. The molecule has 90 valence electrons. The first-order valence-corrected chi connectivity index (χ1v) is 6.27. The standard InChI is InChI=1S/C12H11N5S/c1-8-10(7-13-16-8)11-15-12(18-17-11)14-9-5-3-2-4-6-9/h2-7H,1H3,(H,13,16)(H,14,15,17). The average molecular weight is 257 g/mol. The van der Waals surface area contributed by atoms with Gasteiger partial charge in [0, 0.05) is 23.4 Å². The van der Waals surface area contributed by atoms with Gasteiger partial charge in [-0.25, -0.2) is 0 Å². The number of aromatic amines is 1. The van der Waals surface area contributed by atoms with Gasteiger partial charge in [-0.15, -0.1) is 0 Å². The summed E-state index contributed by atoms with van der Waals surface area (Å²) in [6.07, 6.45) is 1.81.